The van der Waals surface area contributed by atoms with Crippen molar-refractivity contribution in [3.8, 4) is 0 Å². The lowest BCUT2D eigenvalue weighted by Crippen LogP contribution is -2.36. The minimum absolute atomic E-state index is 0.218. The van der Waals surface area contributed by atoms with Gasteiger partial charge in [-0.2, -0.15) is 0 Å². The second kappa shape index (κ2) is 3.99. The van der Waals surface area contributed by atoms with Crippen molar-refractivity contribution < 1.29 is 24.3 Å². The van der Waals surface area contributed by atoms with E-state index in [0.717, 1.165) is 0 Å². The Labute approximate surface area is 96.4 Å². The third-order valence-electron chi connectivity index (χ3n) is 2.37. The normalized spacial score (nSPS) is 15.9. The fourth-order valence-electron chi connectivity index (χ4n) is 1.47. The molecule has 1 aliphatic heterocycles. The molecule has 1 unspecified atom stereocenters. The molecule has 0 saturated carbocycles. The number of carbonyl (C=O) groups is 3. The van der Waals surface area contributed by atoms with Crippen LogP contribution in [0.5, 0.6) is 0 Å². The van der Waals surface area contributed by atoms with Crippen molar-refractivity contribution in [2.75, 3.05) is 0 Å². The fraction of sp³-hybridized carbons (Fsp3) is 0.182. The van der Waals surface area contributed by atoms with Gasteiger partial charge in [-0.1, -0.05) is 12.1 Å². The number of amides is 2. The summed E-state index contributed by atoms with van der Waals surface area (Å²) in [7, 11) is 0. The van der Waals surface area contributed by atoms with Crippen molar-refractivity contribution in [2.24, 2.45) is 0 Å². The number of imide groups is 1. The molecule has 0 radical (unpaired) electrons. The largest absolute Gasteiger partial charge is 0.479 e. The lowest BCUT2D eigenvalue weighted by atomic mass is 10.1. The molecule has 1 aromatic carbocycles. The van der Waals surface area contributed by atoms with E-state index in [1.165, 1.54) is 19.1 Å². The van der Waals surface area contributed by atoms with Gasteiger partial charge in [-0.05, 0) is 19.1 Å². The number of hydrogen-bond acceptors (Lipinski definition) is 4. The quantitative estimate of drug-likeness (QED) is 0.779. The van der Waals surface area contributed by atoms with E-state index in [-0.39, 0.29) is 11.1 Å². The number of aliphatic carboxylic acids is 1. The highest BCUT2D eigenvalue weighted by atomic mass is 16.7. The number of carboxylic acids is 1. The highest BCUT2D eigenvalue weighted by Crippen LogP contribution is 2.23. The number of hydrogen-bond donors (Lipinski definition) is 1. The summed E-state index contributed by atoms with van der Waals surface area (Å²) in [5.74, 6) is -2.53. The van der Waals surface area contributed by atoms with E-state index >= 15 is 0 Å². The van der Waals surface area contributed by atoms with Gasteiger partial charge in [0.2, 0.25) is 0 Å². The minimum Gasteiger partial charge on any atom is -0.479 e. The van der Waals surface area contributed by atoms with Crippen LogP contribution in [-0.2, 0) is 9.63 Å². The zero-order valence-electron chi connectivity index (χ0n) is 8.91. The van der Waals surface area contributed by atoms with E-state index in [4.69, 9.17) is 9.94 Å². The first-order chi connectivity index (χ1) is 8.02. The molecule has 0 saturated heterocycles. The van der Waals surface area contributed by atoms with E-state index in [1.54, 1.807) is 12.1 Å². The molecule has 88 valence electrons. The fourth-order valence-corrected chi connectivity index (χ4v) is 1.47. The van der Waals surface area contributed by atoms with Crippen molar-refractivity contribution in [3.05, 3.63) is 35.4 Å². The monoisotopic (exact) mass is 235 g/mol. The van der Waals surface area contributed by atoms with Gasteiger partial charge >= 0.3 is 5.97 Å². The topological polar surface area (TPSA) is 83.9 Å². The lowest BCUT2D eigenvalue weighted by Gasteiger charge is -2.15. The van der Waals surface area contributed by atoms with Crippen LogP contribution in [0.2, 0.25) is 0 Å². The van der Waals surface area contributed by atoms with Crippen LogP contribution in [0.25, 0.3) is 0 Å². The van der Waals surface area contributed by atoms with Crippen molar-refractivity contribution in [2.45, 2.75) is 13.0 Å². The van der Waals surface area contributed by atoms with Crippen molar-refractivity contribution in [1.82, 2.24) is 5.06 Å². The van der Waals surface area contributed by atoms with Crippen molar-refractivity contribution in [3.63, 3.8) is 0 Å². The summed E-state index contributed by atoms with van der Waals surface area (Å²) in [6.07, 6.45) is -1.27. The van der Waals surface area contributed by atoms with Crippen LogP contribution >= 0.6 is 0 Å². The maximum Gasteiger partial charge on any atom is 0.335 e. The molecule has 1 aliphatic rings. The van der Waals surface area contributed by atoms with Crippen molar-refractivity contribution in [1.29, 1.82) is 0 Å². The number of carboxylic acid groups (broad SMARTS) is 1. The third kappa shape index (κ3) is 1.78. The molecular weight excluding hydrogens is 226 g/mol. The van der Waals surface area contributed by atoms with Gasteiger partial charge in [0.15, 0.2) is 6.10 Å². The Morgan fingerprint density at radius 3 is 2.12 bits per heavy atom. The summed E-state index contributed by atoms with van der Waals surface area (Å²) in [6, 6.07) is 6.22. The molecule has 0 spiro atoms. The summed E-state index contributed by atoms with van der Waals surface area (Å²) in [5.41, 5.74) is 0.435. The molecular formula is C11H9NO5. The molecule has 17 heavy (non-hydrogen) atoms. The first-order valence-corrected chi connectivity index (χ1v) is 4.89. The predicted molar refractivity (Wildman–Crippen MR) is 55.1 cm³/mol. The molecule has 0 fully saturated rings. The summed E-state index contributed by atoms with van der Waals surface area (Å²) < 4.78 is 0. The van der Waals surface area contributed by atoms with Crippen LogP contribution < -0.4 is 0 Å². The van der Waals surface area contributed by atoms with Crippen molar-refractivity contribution >= 4 is 17.8 Å². The maximum atomic E-state index is 11.8. The molecule has 0 aliphatic carbocycles. The van der Waals surface area contributed by atoms with Crippen LogP contribution in [0, 0.1) is 0 Å². The Morgan fingerprint density at radius 1 is 1.24 bits per heavy atom. The molecule has 2 amide bonds. The molecule has 6 heteroatoms. The predicted octanol–water partition coefficient (Wildman–Crippen LogP) is 0.687. The van der Waals surface area contributed by atoms with Gasteiger partial charge in [-0.15, -0.1) is 5.06 Å². The highest BCUT2D eigenvalue weighted by Gasteiger charge is 2.38. The zero-order valence-corrected chi connectivity index (χ0v) is 8.91. The number of rotatable bonds is 3. The van der Waals surface area contributed by atoms with Crippen LogP contribution in [0.15, 0.2) is 24.3 Å². The molecule has 2 rings (SSSR count). The van der Waals surface area contributed by atoms with Gasteiger partial charge < -0.3 is 5.11 Å². The zero-order chi connectivity index (χ0) is 12.6. The Kier molecular flexibility index (Phi) is 2.64. The molecule has 1 N–H and O–H groups in total. The summed E-state index contributed by atoms with van der Waals surface area (Å²) >= 11 is 0. The number of hydroxylamine groups is 2. The molecule has 6 nitrogen and oxygen atoms in total. The summed E-state index contributed by atoms with van der Waals surface area (Å²) in [6.45, 7) is 1.24. The first-order valence-electron chi connectivity index (χ1n) is 4.89. The molecule has 0 bridgehead atoms. The maximum absolute atomic E-state index is 11.8. The SMILES string of the molecule is CC(ON1C(=O)c2ccccc2C1=O)C(=O)O. The summed E-state index contributed by atoms with van der Waals surface area (Å²) in [5, 5.41) is 9.15. The molecule has 1 aromatic rings. The Bertz CT molecular complexity index is 475. The van der Waals surface area contributed by atoms with Crippen LogP contribution in [-0.4, -0.2) is 34.1 Å². The number of carbonyl (C=O) groups excluding carboxylic acids is 2. The van der Waals surface area contributed by atoms with Gasteiger partial charge in [0, 0.05) is 0 Å². The first kappa shape index (κ1) is 11.3. The standard InChI is InChI=1S/C11H9NO5/c1-6(11(15)16)17-12-9(13)7-4-2-3-5-8(7)10(12)14/h2-6H,1H3,(H,15,16). The second-order valence-electron chi connectivity index (χ2n) is 3.54. The second-order valence-corrected chi connectivity index (χ2v) is 3.54. The Balaban J connectivity index is 2.27. The number of benzene rings is 1. The van der Waals surface area contributed by atoms with Gasteiger partial charge in [0.25, 0.3) is 11.8 Å². The number of nitrogens with zero attached hydrogens (tertiary/aromatic N) is 1. The Morgan fingerprint density at radius 2 is 1.71 bits per heavy atom. The van der Waals surface area contributed by atoms with Gasteiger partial charge in [0.1, 0.15) is 0 Å². The lowest BCUT2D eigenvalue weighted by molar-refractivity contribution is -0.171. The van der Waals surface area contributed by atoms with Gasteiger partial charge in [-0.25, -0.2) is 9.63 Å². The molecule has 1 heterocycles. The van der Waals surface area contributed by atoms with E-state index in [1.807, 2.05) is 0 Å². The average Bonchev–Trinajstić information content (AvgIpc) is 2.55. The van der Waals surface area contributed by atoms with Crippen LogP contribution in [0.3, 0.4) is 0 Å². The molecule has 0 aromatic heterocycles. The smallest absolute Gasteiger partial charge is 0.335 e. The van der Waals surface area contributed by atoms with Crippen LogP contribution in [0.1, 0.15) is 27.6 Å². The minimum atomic E-state index is -1.27. The van der Waals surface area contributed by atoms with Gasteiger partial charge in [-0.3, -0.25) is 9.59 Å². The summed E-state index contributed by atoms with van der Waals surface area (Å²) in [4.78, 5) is 38.9. The van der Waals surface area contributed by atoms with Crippen LogP contribution in [0.4, 0.5) is 0 Å². The average molecular weight is 235 g/mol. The van der Waals surface area contributed by atoms with E-state index in [2.05, 4.69) is 0 Å². The number of fused-ring (bicyclic) bond motifs is 1. The third-order valence-corrected chi connectivity index (χ3v) is 2.37. The van der Waals surface area contributed by atoms with Gasteiger partial charge in [0.05, 0.1) is 11.1 Å². The molecule has 1 atom stereocenters. The van der Waals surface area contributed by atoms with E-state index in [0.29, 0.717) is 5.06 Å². The van der Waals surface area contributed by atoms with E-state index < -0.39 is 23.9 Å². The highest BCUT2D eigenvalue weighted by molar-refractivity contribution is 6.20. The Hall–Kier alpha value is -2.21. The van der Waals surface area contributed by atoms with E-state index in [9.17, 15) is 14.4 Å².